The van der Waals surface area contributed by atoms with Crippen LogP contribution in [0.5, 0.6) is 0 Å². The standard InChI is InChI=1S/C20H22F3N5O5/c1-3-33-26-19(24)11-7-28(9-14(11)25-32-2)17-13(22)6-10-16(15(17)23)27(5-4-21)8-12(18(10)29)20(30)31/h6,8,11H,3-5,7,9H2,1-2H3,(H2,24,26)(H,30,31)/b25-14+. The van der Waals surface area contributed by atoms with Crippen molar-refractivity contribution in [2.24, 2.45) is 22.0 Å². The largest absolute Gasteiger partial charge is 0.477 e. The Balaban J connectivity index is 2.19. The lowest BCUT2D eigenvalue weighted by atomic mass is 10.1. The summed E-state index contributed by atoms with van der Waals surface area (Å²) >= 11 is 0. The van der Waals surface area contributed by atoms with E-state index in [0.717, 1.165) is 16.8 Å². The minimum atomic E-state index is -1.59. The molecular weight excluding hydrogens is 447 g/mol. The van der Waals surface area contributed by atoms with E-state index in [2.05, 4.69) is 10.3 Å². The van der Waals surface area contributed by atoms with Gasteiger partial charge in [-0.2, -0.15) is 0 Å². The molecule has 1 aliphatic heterocycles. The minimum Gasteiger partial charge on any atom is -0.477 e. The van der Waals surface area contributed by atoms with Gasteiger partial charge in [-0.15, -0.1) is 0 Å². The average Bonchev–Trinajstić information content (AvgIpc) is 3.17. The number of hydrogen-bond donors (Lipinski definition) is 2. The zero-order chi connectivity index (χ0) is 24.3. The highest BCUT2D eigenvalue weighted by molar-refractivity contribution is 6.10. The van der Waals surface area contributed by atoms with E-state index in [9.17, 15) is 19.1 Å². The quantitative estimate of drug-likeness (QED) is 0.342. The molecule has 1 unspecified atom stereocenters. The SMILES string of the molecule is CCO/N=C(/N)C1CN(c2c(F)cc3c(=O)c(C(=O)O)cn(CCF)c3c2F)C/C1=N\OC. The van der Waals surface area contributed by atoms with E-state index >= 15 is 8.78 Å². The molecule has 1 aromatic carbocycles. The second kappa shape index (κ2) is 9.79. The topological polar surface area (TPSA) is 132 Å². The molecule has 1 fully saturated rings. The first-order valence-corrected chi connectivity index (χ1v) is 9.89. The summed E-state index contributed by atoms with van der Waals surface area (Å²) in [6.07, 6.45) is 0.842. The van der Waals surface area contributed by atoms with E-state index in [1.54, 1.807) is 6.92 Å². The number of nitrogens with zero attached hydrogens (tertiary/aromatic N) is 4. The van der Waals surface area contributed by atoms with Gasteiger partial charge >= 0.3 is 5.97 Å². The second-order valence-electron chi connectivity index (χ2n) is 7.11. The van der Waals surface area contributed by atoms with Crippen LogP contribution in [0.4, 0.5) is 18.9 Å². The van der Waals surface area contributed by atoms with E-state index in [-0.39, 0.29) is 25.5 Å². The summed E-state index contributed by atoms with van der Waals surface area (Å²) in [6.45, 7) is 0.433. The van der Waals surface area contributed by atoms with Crippen LogP contribution in [0.3, 0.4) is 0 Å². The van der Waals surface area contributed by atoms with Crippen LogP contribution < -0.4 is 16.1 Å². The smallest absolute Gasteiger partial charge is 0.341 e. The summed E-state index contributed by atoms with van der Waals surface area (Å²) in [4.78, 5) is 34.9. The Kier molecular flexibility index (Phi) is 7.09. The summed E-state index contributed by atoms with van der Waals surface area (Å²) < 4.78 is 44.8. The number of aromatic carboxylic acids is 1. The van der Waals surface area contributed by atoms with Gasteiger partial charge in [0.15, 0.2) is 5.82 Å². The summed E-state index contributed by atoms with van der Waals surface area (Å²) in [6, 6.07) is 0.745. The number of alkyl halides is 1. The molecule has 178 valence electrons. The Morgan fingerprint density at radius 3 is 2.73 bits per heavy atom. The highest BCUT2D eigenvalue weighted by Gasteiger charge is 2.36. The molecule has 10 nitrogen and oxygen atoms in total. The first-order valence-electron chi connectivity index (χ1n) is 9.89. The Labute approximate surface area is 185 Å². The van der Waals surface area contributed by atoms with Gasteiger partial charge in [0.25, 0.3) is 0 Å². The molecule has 0 saturated carbocycles. The van der Waals surface area contributed by atoms with Crippen molar-refractivity contribution in [3.8, 4) is 0 Å². The molecule has 0 amide bonds. The van der Waals surface area contributed by atoms with Crippen molar-refractivity contribution in [3.05, 3.63) is 39.7 Å². The number of oxime groups is 2. The fourth-order valence-corrected chi connectivity index (χ4v) is 3.73. The van der Waals surface area contributed by atoms with Gasteiger partial charge in [0, 0.05) is 12.7 Å². The molecular formula is C20H22F3N5O5. The number of carboxylic acid groups (broad SMARTS) is 1. The lowest BCUT2D eigenvalue weighted by Gasteiger charge is -2.21. The van der Waals surface area contributed by atoms with E-state index in [0.29, 0.717) is 5.71 Å². The number of benzene rings is 1. The number of fused-ring (bicyclic) bond motifs is 1. The van der Waals surface area contributed by atoms with Crippen molar-refractivity contribution in [1.29, 1.82) is 0 Å². The Bertz CT molecular complexity index is 1200. The van der Waals surface area contributed by atoms with Crippen LogP contribution in [0.25, 0.3) is 10.9 Å². The molecule has 1 aliphatic rings. The molecule has 1 aromatic heterocycles. The van der Waals surface area contributed by atoms with Crippen molar-refractivity contribution in [1.82, 2.24) is 4.57 Å². The number of carbonyl (C=O) groups is 1. The Morgan fingerprint density at radius 2 is 2.12 bits per heavy atom. The minimum absolute atomic E-state index is 0.0252. The Hall–Kier alpha value is -3.77. The molecule has 0 radical (unpaired) electrons. The highest BCUT2D eigenvalue weighted by atomic mass is 19.1. The van der Waals surface area contributed by atoms with E-state index in [1.165, 1.54) is 12.0 Å². The van der Waals surface area contributed by atoms with Crippen LogP contribution in [0.15, 0.2) is 27.4 Å². The van der Waals surface area contributed by atoms with Gasteiger partial charge < -0.3 is 30.0 Å². The summed E-state index contributed by atoms with van der Waals surface area (Å²) in [5.74, 6) is -4.49. The third-order valence-electron chi connectivity index (χ3n) is 5.12. The van der Waals surface area contributed by atoms with Gasteiger partial charge in [0.05, 0.1) is 35.6 Å². The second-order valence-corrected chi connectivity index (χ2v) is 7.11. The van der Waals surface area contributed by atoms with Crippen molar-refractivity contribution in [3.63, 3.8) is 0 Å². The average molecular weight is 469 g/mol. The number of amidine groups is 1. The molecule has 0 bridgehead atoms. The molecule has 1 atom stereocenters. The number of halogens is 3. The molecule has 1 saturated heterocycles. The molecule has 3 N–H and O–H groups in total. The zero-order valence-electron chi connectivity index (χ0n) is 17.8. The van der Waals surface area contributed by atoms with Crippen LogP contribution in [0, 0.1) is 17.6 Å². The normalized spacial score (nSPS) is 17.7. The third kappa shape index (κ3) is 4.43. The van der Waals surface area contributed by atoms with Crippen molar-refractivity contribution >= 4 is 34.1 Å². The molecule has 3 rings (SSSR count). The van der Waals surface area contributed by atoms with Crippen LogP contribution >= 0.6 is 0 Å². The monoisotopic (exact) mass is 469 g/mol. The first kappa shape index (κ1) is 23.9. The van der Waals surface area contributed by atoms with E-state index in [4.69, 9.17) is 15.4 Å². The van der Waals surface area contributed by atoms with E-state index < -0.39 is 64.3 Å². The number of aromatic nitrogens is 1. The molecule has 13 heteroatoms. The van der Waals surface area contributed by atoms with Gasteiger partial charge in [-0.3, -0.25) is 4.79 Å². The number of rotatable bonds is 8. The fourth-order valence-electron chi connectivity index (χ4n) is 3.73. The maximum absolute atomic E-state index is 15.7. The highest BCUT2D eigenvalue weighted by Crippen LogP contribution is 2.33. The number of carboxylic acids is 1. The lowest BCUT2D eigenvalue weighted by Crippen LogP contribution is -2.31. The number of pyridine rings is 1. The summed E-state index contributed by atoms with van der Waals surface area (Å²) in [5.41, 5.74) is 3.56. The number of anilines is 1. The molecule has 0 aliphatic carbocycles. The molecule has 0 spiro atoms. The maximum atomic E-state index is 15.7. The number of nitrogens with two attached hydrogens (primary N) is 1. The van der Waals surface area contributed by atoms with Gasteiger partial charge in [-0.1, -0.05) is 10.3 Å². The molecule has 2 heterocycles. The van der Waals surface area contributed by atoms with Gasteiger partial charge in [-0.05, 0) is 13.0 Å². The third-order valence-corrected chi connectivity index (χ3v) is 5.12. The van der Waals surface area contributed by atoms with Crippen molar-refractivity contribution in [2.75, 3.05) is 38.4 Å². The van der Waals surface area contributed by atoms with E-state index in [1.807, 2.05) is 0 Å². The van der Waals surface area contributed by atoms with Crippen LogP contribution in [0.2, 0.25) is 0 Å². The zero-order valence-corrected chi connectivity index (χ0v) is 17.8. The summed E-state index contributed by atoms with van der Waals surface area (Å²) in [7, 11) is 1.30. The van der Waals surface area contributed by atoms with Crippen molar-refractivity contribution in [2.45, 2.75) is 13.5 Å². The van der Waals surface area contributed by atoms with Crippen LogP contribution in [-0.2, 0) is 16.2 Å². The molecule has 33 heavy (non-hydrogen) atoms. The van der Waals surface area contributed by atoms with Gasteiger partial charge in [0.2, 0.25) is 5.43 Å². The fraction of sp³-hybridized carbons (Fsp3) is 0.400. The number of aryl methyl sites for hydroxylation is 1. The lowest BCUT2D eigenvalue weighted by molar-refractivity contribution is 0.0694. The predicted molar refractivity (Wildman–Crippen MR) is 114 cm³/mol. The predicted octanol–water partition coefficient (Wildman–Crippen LogP) is 1.69. The maximum Gasteiger partial charge on any atom is 0.341 e. The first-order chi connectivity index (χ1) is 15.7. The van der Waals surface area contributed by atoms with Gasteiger partial charge in [0.1, 0.15) is 43.3 Å². The summed E-state index contributed by atoms with van der Waals surface area (Å²) in [5, 5.41) is 16.4. The van der Waals surface area contributed by atoms with Gasteiger partial charge in [-0.25, -0.2) is 18.0 Å². The Morgan fingerprint density at radius 1 is 1.39 bits per heavy atom. The van der Waals surface area contributed by atoms with Crippen LogP contribution in [0.1, 0.15) is 17.3 Å². The van der Waals surface area contributed by atoms with Crippen LogP contribution in [-0.4, -0.2) is 60.7 Å². The number of hydrogen-bond acceptors (Lipinski definition) is 7. The van der Waals surface area contributed by atoms with Crippen molar-refractivity contribution < 1.29 is 32.7 Å². The molecule has 2 aromatic rings.